The highest BCUT2D eigenvalue weighted by molar-refractivity contribution is 7.09. The molecule has 2 aromatic carbocycles. The number of nitrogens with one attached hydrogen (secondary N) is 1. The Morgan fingerprint density at radius 2 is 1.68 bits per heavy atom. The first kappa shape index (κ1) is 17.7. The Morgan fingerprint density at radius 3 is 2.36 bits per heavy atom. The highest BCUT2D eigenvalue weighted by atomic mass is 35.5. The normalized spacial score (nSPS) is 10.5. The number of carbonyl (C=O) groups excluding carboxylic acids is 1. The third kappa shape index (κ3) is 5.46. The van der Waals surface area contributed by atoms with Gasteiger partial charge in [0.2, 0.25) is 5.91 Å². The molecular weight excluding hydrogens is 379 g/mol. The van der Waals surface area contributed by atoms with Crippen LogP contribution in [0, 0.1) is 0 Å². The van der Waals surface area contributed by atoms with Gasteiger partial charge in [0, 0.05) is 21.1 Å². The summed E-state index contributed by atoms with van der Waals surface area (Å²) in [5.74, 6) is 0.597. The summed E-state index contributed by atoms with van der Waals surface area (Å²) in [6, 6.07) is 14.1. The third-order valence-electron chi connectivity index (χ3n) is 3.24. The molecule has 0 unspecified atom stereocenters. The zero-order valence-electron chi connectivity index (χ0n) is 13.0. The van der Waals surface area contributed by atoms with Crippen molar-refractivity contribution in [1.29, 1.82) is 0 Å². The summed E-state index contributed by atoms with van der Waals surface area (Å²) >= 11 is 13.1. The number of nitrogens with zero attached hydrogens (tertiary/aromatic N) is 1. The van der Waals surface area contributed by atoms with E-state index in [9.17, 15) is 4.79 Å². The van der Waals surface area contributed by atoms with E-state index in [1.54, 1.807) is 48.5 Å². The molecule has 25 heavy (non-hydrogen) atoms. The van der Waals surface area contributed by atoms with Crippen molar-refractivity contribution in [2.24, 2.45) is 0 Å². The van der Waals surface area contributed by atoms with Gasteiger partial charge in [-0.3, -0.25) is 4.79 Å². The average Bonchev–Trinajstić information content (AvgIpc) is 3.04. The molecule has 0 bridgehead atoms. The number of hydrogen-bond acceptors (Lipinski definition) is 4. The molecule has 0 saturated heterocycles. The molecule has 1 N–H and O–H groups in total. The predicted octanol–water partition coefficient (Wildman–Crippen LogP) is 5.21. The van der Waals surface area contributed by atoms with Gasteiger partial charge in [-0.1, -0.05) is 23.2 Å². The lowest BCUT2D eigenvalue weighted by atomic mass is 10.3. The molecule has 1 heterocycles. The fourth-order valence-electron chi connectivity index (χ4n) is 2.08. The Balaban J connectivity index is 1.51. The van der Waals surface area contributed by atoms with Gasteiger partial charge >= 0.3 is 0 Å². The van der Waals surface area contributed by atoms with E-state index >= 15 is 0 Å². The van der Waals surface area contributed by atoms with Gasteiger partial charge in [0.15, 0.2) is 0 Å². The lowest BCUT2D eigenvalue weighted by molar-refractivity contribution is -0.115. The molecular formula is C18H14Cl2N2O2S. The van der Waals surface area contributed by atoms with Gasteiger partial charge in [0.05, 0.1) is 12.1 Å². The van der Waals surface area contributed by atoms with E-state index in [1.165, 1.54) is 11.3 Å². The standard InChI is InChI=1S/C18H14Cl2N2O2S/c19-12-1-5-14(6-2-12)21-17(23)9-15-11-25-18(22-15)10-24-16-7-3-13(20)4-8-16/h1-8,11H,9-10H2,(H,21,23). The third-order valence-corrected chi connectivity index (χ3v) is 4.62. The van der Waals surface area contributed by atoms with Gasteiger partial charge in [-0.15, -0.1) is 11.3 Å². The number of thiazole rings is 1. The fraction of sp³-hybridized carbons (Fsp3) is 0.111. The van der Waals surface area contributed by atoms with Crippen LogP contribution in [0.5, 0.6) is 5.75 Å². The van der Waals surface area contributed by atoms with Crippen molar-refractivity contribution in [3.63, 3.8) is 0 Å². The molecule has 3 aromatic rings. The molecule has 128 valence electrons. The first-order chi connectivity index (χ1) is 12.1. The van der Waals surface area contributed by atoms with Crippen molar-refractivity contribution < 1.29 is 9.53 Å². The second-order valence-corrected chi connectivity index (χ2v) is 7.02. The van der Waals surface area contributed by atoms with E-state index < -0.39 is 0 Å². The number of amides is 1. The van der Waals surface area contributed by atoms with Gasteiger partial charge < -0.3 is 10.1 Å². The van der Waals surface area contributed by atoms with Gasteiger partial charge in [0.25, 0.3) is 0 Å². The van der Waals surface area contributed by atoms with Crippen molar-refractivity contribution in [1.82, 2.24) is 4.98 Å². The number of benzene rings is 2. The molecule has 0 fully saturated rings. The summed E-state index contributed by atoms with van der Waals surface area (Å²) in [5, 5.41) is 6.78. The molecule has 0 aliphatic rings. The summed E-state index contributed by atoms with van der Waals surface area (Å²) in [6.45, 7) is 0.352. The van der Waals surface area contributed by atoms with Crippen LogP contribution in [0.4, 0.5) is 5.69 Å². The molecule has 0 saturated carbocycles. The quantitative estimate of drug-likeness (QED) is 0.626. The first-order valence-corrected chi connectivity index (χ1v) is 9.09. The second kappa shape index (κ2) is 8.34. The van der Waals surface area contributed by atoms with Crippen molar-refractivity contribution in [3.05, 3.63) is 74.7 Å². The van der Waals surface area contributed by atoms with Crippen LogP contribution in [-0.2, 0) is 17.8 Å². The molecule has 0 radical (unpaired) electrons. The Hall–Kier alpha value is -2.08. The number of rotatable bonds is 6. The van der Waals surface area contributed by atoms with Gasteiger partial charge in [0.1, 0.15) is 17.4 Å². The molecule has 0 spiro atoms. The molecule has 1 aromatic heterocycles. The van der Waals surface area contributed by atoms with Crippen LogP contribution < -0.4 is 10.1 Å². The minimum absolute atomic E-state index is 0.127. The van der Waals surface area contributed by atoms with Crippen LogP contribution in [0.3, 0.4) is 0 Å². The van der Waals surface area contributed by atoms with Crippen LogP contribution in [0.1, 0.15) is 10.7 Å². The summed E-state index contributed by atoms with van der Waals surface area (Å²) in [4.78, 5) is 16.5. The monoisotopic (exact) mass is 392 g/mol. The van der Waals surface area contributed by atoms with E-state index in [-0.39, 0.29) is 12.3 Å². The smallest absolute Gasteiger partial charge is 0.230 e. The minimum Gasteiger partial charge on any atom is -0.486 e. The van der Waals surface area contributed by atoms with Crippen molar-refractivity contribution in [3.8, 4) is 5.75 Å². The molecule has 0 atom stereocenters. The molecule has 0 aliphatic heterocycles. The summed E-state index contributed by atoms with van der Waals surface area (Å²) in [7, 11) is 0. The predicted molar refractivity (Wildman–Crippen MR) is 102 cm³/mol. The fourth-order valence-corrected chi connectivity index (χ4v) is 3.03. The Kier molecular flexibility index (Phi) is 5.91. The first-order valence-electron chi connectivity index (χ1n) is 7.45. The molecule has 4 nitrogen and oxygen atoms in total. The molecule has 3 rings (SSSR count). The van der Waals surface area contributed by atoms with Gasteiger partial charge in [-0.05, 0) is 48.5 Å². The number of carbonyl (C=O) groups is 1. The summed E-state index contributed by atoms with van der Waals surface area (Å²) in [6.07, 6.45) is 0.208. The molecule has 7 heteroatoms. The Labute approximate surface area is 159 Å². The van der Waals surface area contributed by atoms with E-state index in [2.05, 4.69) is 10.3 Å². The second-order valence-electron chi connectivity index (χ2n) is 5.21. The minimum atomic E-state index is -0.127. The maximum atomic E-state index is 12.1. The van der Waals surface area contributed by atoms with Gasteiger partial charge in [-0.2, -0.15) is 0 Å². The number of anilines is 1. The van der Waals surface area contributed by atoms with Crippen molar-refractivity contribution >= 4 is 46.1 Å². The number of hydrogen-bond donors (Lipinski definition) is 1. The number of ether oxygens (including phenoxy) is 1. The van der Waals surface area contributed by atoms with E-state index in [0.29, 0.717) is 28.0 Å². The zero-order valence-corrected chi connectivity index (χ0v) is 15.4. The Bertz CT molecular complexity index is 848. The number of halogens is 2. The van der Waals surface area contributed by atoms with E-state index in [1.807, 2.05) is 5.38 Å². The highest BCUT2D eigenvalue weighted by Crippen LogP contribution is 2.19. The highest BCUT2D eigenvalue weighted by Gasteiger charge is 2.09. The van der Waals surface area contributed by atoms with Crippen LogP contribution in [0.15, 0.2) is 53.9 Å². The van der Waals surface area contributed by atoms with Crippen LogP contribution in [0.25, 0.3) is 0 Å². The molecule has 0 aliphatic carbocycles. The largest absolute Gasteiger partial charge is 0.486 e. The number of aromatic nitrogens is 1. The SMILES string of the molecule is O=C(Cc1csc(COc2ccc(Cl)cc2)n1)Nc1ccc(Cl)cc1. The zero-order chi connectivity index (χ0) is 17.6. The van der Waals surface area contributed by atoms with Crippen LogP contribution >= 0.6 is 34.5 Å². The van der Waals surface area contributed by atoms with E-state index in [4.69, 9.17) is 27.9 Å². The van der Waals surface area contributed by atoms with Gasteiger partial charge in [-0.25, -0.2) is 4.98 Å². The summed E-state index contributed by atoms with van der Waals surface area (Å²) in [5.41, 5.74) is 1.42. The lowest BCUT2D eigenvalue weighted by Gasteiger charge is -2.04. The maximum Gasteiger partial charge on any atom is 0.230 e. The van der Waals surface area contributed by atoms with Crippen molar-refractivity contribution in [2.45, 2.75) is 13.0 Å². The summed E-state index contributed by atoms with van der Waals surface area (Å²) < 4.78 is 5.65. The lowest BCUT2D eigenvalue weighted by Crippen LogP contribution is -2.14. The van der Waals surface area contributed by atoms with Crippen LogP contribution in [0.2, 0.25) is 10.0 Å². The van der Waals surface area contributed by atoms with Crippen LogP contribution in [-0.4, -0.2) is 10.9 Å². The van der Waals surface area contributed by atoms with Crippen molar-refractivity contribution in [2.75, 3.05) is 5.32 Å². The topological polar surface area (TPSA) is 51.2 Å². The molecule has 1 amide bonds. The average molecular weight is 393 g/mol. The maximum absolute atomic E-state index is 12.1. The Morgan fingerprint density at radius 1 is 1.04 bits per heavy atom. The van der Waals surface area contributed by atoms with E-state index in [0.717, 1.165) is 10.8 Å².